The zero-order chi connectivity index (χ0) is 15.4. The van der Waals surface area contributed by atoms with Crippen LogP contribution in [0, 0.1) is 5.82 Å². The van der Waals surface area contributed by atoms with Gasteiger partial charge in [0.25, 0.3) is 0 Å². The van der Waals surface area contributed by atoms with E-state index in [0.29, 0.717) is 5.69 Å². The average Bonchev–Trinajstić information content (AvgIpc) is 2.96. The highest BCUT2D eigenvalue weighted by Crippen LogP contribution is 2.20. The number of rotatable bonds is 5. The van der Waals surface area contributed by atoms with Crippen molar-refractivity contribution in [2.75, 3.05) is 31.1 Å². The molecule has 2 aromatic rings. The van der Waals surface area contributed by atoms with Crippen molar-refractivity contribution in [1.82, 2.24) is 25.1 Å². The lowest BCUT2D eigenvalue weighted by atomic mass is 10.2. The lowest BCUT2D eigenvalue weighted by Gasteiger charge is -2.35. The highest BCUT2D eigenvalue weighted by atomic mass is 19.1. The maximum atomic E-state index is 13.8. The minimum atomic E-state index is -0.150. The summed E-state index contributed by atoms with van der Waals surface area (Å²) in [6.07, 6.45) is 1.01. The number of para-hydroxylation sites is 1. The molecule has 1 saturated heterocycles. The van der Waals surface area contributed by atoms with E-state index < -0.39 is 0 Å². The Morgan fingerprint density at radius 2 is 1.91 bits per heavy atom. The number of aromatic nitrogens is 4. The molecule has 0 radical (unpaired) electrons. The van der Waals surface area contributed by atoms with Gasteiger partial charge in [-0.1, -0.05) is 19.1 Å². The summed E-state index contributed by atoms with van der Waals surface area (Å²) < 4.78 is 15.7. The van der Waals surface area contributed by atoms with Gasteiger partial charge in [0.05, 0.1) is 12.2 Å². The Morgan fingerprint density at radius 3 is 2.64 bits per heavy atom. The van der Waals surface area contributed by atoms with Gasteiger partial charge in [0, 0.05) is 32.7 Å². The molecule has 2 heterocycles. The third-order valence-electron chi connectivity index (χ3n) is 3.97. The Kier molecular flexibility index (Phi) is 4.62. The van der Waals surface area contributed by atoms with Gasteiger partial charge in [0.1, 0.15) is 5.82 Å². The normalized spacial score (nSPS) is 16.2. The standard InChI is InChI=1S/C15H21FN6/c1-2-7-22-15(17-18-19-22)12-20-8-10-21(11-9-20)14-6-4-3-5-13(14)16/h3-6H,2,7-12H2,1H3. The lowest BCUT2D eigenvalue weighted by molar-refractivity contribution is 0.238. The zero-order valence-corrected chi connectivity index (χ0v) is 12.8. The first-order valence-corrected chi connectivity index (χ1v) is 7.75. The maximum absolute atomic E-state index is 13.8. The first-order chi connectivity index (χ1) is 10.8. The van der Waals surface area contributed by atoms with Gasteiger partial charge in [-0.3, -0.25) is 4.90 Å². The van der Waals surface area contributed by atoms with Gasteiger partial charge in [-0.25, -0.2) is 9.07 Å². The smallest absolute Gasteiger partial charge is 0.165 e. The topological polar surface area (TPSA) is 50.1 Å². The van der Waals surface area contributed by atoms with Crippen LogP contribution in [0.4, 0.5) is 10.1 Å². The van der Waals surface area contributed by atoms with E-state index in [-0.39, 0.29) is 5.82 Å². The molecule has 0 saturated carbocycles. The highest BCUT2D eigenvalue weighted by Gasteiger charge is 2.20. The largest absolute Gasteiger partial charge is 0.367 e. The van der Waals surface area contributed by atoms with E-state index in [2.05, 4.69) is 32.2 Å². The quantitative estimate of drug-likeness (QED) is 0.839. The first kappa shape index (κ1) is 14.9. The van der Waals surface area contributed by atoms with Crippen LogP contribution in [0.5, 0.6) is 0 Å². The Bertz CT molecular complexity index is 606. The SMILES string of the molecule is CCCn1nnnc1CN1CCN(c2ccccc2F)CC1. The number of benzene rings is 1. The number of nitrogens with zero attached hydrogens (tertiary/aromatic N) is 6. The zero-order valence-electron chi connectivity index (χ0n) is 12.8. The van der Waals surface area contributed by atoms with Crippen LogP contribution in [0.25, 0.3) is 0 Å². The molecule has 0 atom stereocenters. The van der Waals surface area contributed by atoms with Crippen LogP contribution in [0.1, 0.15) is 19.2 Å². The van der Waals surface area contributed by atoms with E-state index in [4.69, 9.17) is 0 Å². The van der Waals surface area contributed by atoms with E-state index in [0.717, 1.165) is 51.5 Å². The van der Waals surface area contributed by atoms with Crippen LogP contribution in [-0.4, -0.2) is 51.3 Å². The summed E-state index contributed by atoms with van der Waals surface area (Å²) in [5.74, 6) is 0.754. The summed E-state index contributed by atoms with van der Waals surface area (Å²) in [5.41, 5.74) is 0.693. The summed E-state index contributed by atoms with van der Waals surface area (Å²) in [6.45, 7) is 7.10. The fraction of sp³-hybridized carbons (Fsp3) is 0.533. The first-order valence-electron chi connectivity index (χ1n) is 7.75. The van der Waals surface area contributed by atoms with Gasteiger partial charge in [-0.05, 0) is 29.0 Å². The van der Waals surface area contributed by atoms with Gasteiger partial charge in [0.15, 0.2) is 5.82 Å². The molecule has 3 rings (SSSR count). The molecule has 0 spiro atoms. The average molecular weight is 304 g/mol. The molecular weight excluding hydrogens is 283 g/mol. The van der Waals surface area contributed by atoms with E-state index in [1.807, 2.05) is 16.8 Å². The number of anilines is 1. The number of hydrogen-bond acceptors (Lipinski definition) is 5. The molecule has 22 heavy (non-hydrogen) atoms. The van der Waals surface area contributed by atoms with E-state index in [9.17, 15) is 4.39 Å². The molecule has 0 amide bonds. The summed E-state index contributed by atoms with van der Waals surface area (Å²) in [5, 5.41) is 11.9. The van der Waals surface area contributed by atoms with Gasteiger partial charge >= 0.3 is 0 Å². The monoisotopic (exact) mass is 304 g/mol. The van der Waals surface area contributed by atoms with E-state index >= 15 is 0 Å². The molecule has 6 nitrogen and oxygen atoms in total. The predicted molar refractivity (Wildman–Crippen MR) is 82.0 cm³/mol. The Hall–Kier alpha value is -2.02. The molecule has 0 N–H and O–H groups in total. The molecule has 0 bridgehead atoms. The van der Waals surface area contributed by atoms with Crippen molar-refractivity contribution in [3.05, 3.63) is 35.9 Å². The third kappa shape index (κ3) is 3.24. The fourth-order valence-electron chi connectivity index (χ4n) is 2.78. The van der Waals surface area contributed by atoms with Crippen molar-refractivity contribution in [1.29, 1.82) is 0 Å². The summed E-state index contributed by atoms with van der Waals surface area (Å²) in [7, 11) is 0. The van der Waals surface area contributed by atoms with Crippen LogP contribution in [0.2, 0.25) is 0 Å². The molecule has 1 aromatic carbocycles. The van der Waals surface area contributed by atoms with Gasteiger partial charge < -0.3 is 4.90 Å². The molecule has 1 aliphatic heterocycles. The molecule has 1 aliphatic rings. The van der Waals surface area contributed by atoms with Crippen LogP contribution in [0.15, 0.2) is 24.3 Å². The van der Waals surface area contributed by atoms with Gasteiger partial charge in [-0.2, -0.15) is 0 Å². The van der Waals surface area contributed by atoms with Crippen molar-refractivity contribution in [2.45, 2.75) is 26.4 Å². The lowest BCUT2D eigenvalue weighted by Crippen LogP contribution is -2.46. The maximum Gasteiger partial charge on any atom is 0.165 e. The van der Waals surface area contributed by atoms with Crippen LogP contribution in [-0.2, 0) is 13.1 Å². The molecule has 0 unspecified atom stereocenters. The Balaban J connectivity index is 1.58. The molecule has 7 heteroatoms. The van der Waals surface area contributed by atoms with Crippen LogP contribution >= 0.6 is 0 Å². The van der Waals surface area contributed by atoms with Crippen LogP contribution < -0.4 is 4.90 Å². The minimum Gasteiger partial charge on any atom is -0.367 e. The van der Waals surface area contributed by atoms with Crippen molar-refractivity contribution in [2.24, 2.45) is 0 Å². The molecule has 0 aliphatic carbocycles. The summed E-state index contributed by atoms with van der Waals surface area (Å²) >= 11 is 0. The number of tetrazole rings is 1. The van der Waals surface area contributed by atoms with Crippen LogP contribution in [0.3, 0.4) is 0 Å². The summed E-state index contributed by atoms with van der Waals surface area (Å²) in [6, 6.07) is 6.96. The highest BCUT2D eigenvalue weighted by molar-refractivity contribution is 5.47. The van der Waals surface area contributed by atoms with E-state index in [1.165, 1.54) is 6.07 Å². The predicted octanol–water partition coefficient (Wildman–Crippen LogP) is 1.54. The minimum absolute atomic E-state index is 0.150. The fourth-order valence-corrected chi connectivity index (χ4v) is 2.78. The molecule has 1 aromatic heterocycles. The second-order valence-electron chi connectivity index (χ2n) is 5.53. The van der Waals surface area contributed by atoms with Gasteiger partial charge in [-0.15, -0.1) is 5.10 Å². The number of piperazine rings is 1. The summed E-state index contributed by atoms with van der Waals surface area (Å²) in [4.78, 5) is 4.41. The number of aryl methyl sites for hydroxylation is 1. The Labute approximate surface area is 129 Å². The Morgan fingerprint density at radius 1 is 1.14 bits per heavy atom. The second kappa shape index (κ2) is 6.83. The number of halogens is 1. The van der Waals surface area contributed by atoms with Crippen molar-refractivity contribution >= 4 is 5.69 Å². The number of hydrogen-bond donors (Lipinski definition) is 0. The van der Waals surface area contributed by atoms with Gasteiger partial charge in [0.2, 0.25) is 0 Å². The van der Waals surface area contributed by atoms with Crippen molar-refractivity contribution < 1.29 is 4.39 Å². The second-order valence-corrected chi connectivity index (χ2v) is 5.53. The van der Waals surface area contributed by atoms with Crippen molar-refractivity contribution in [3.8, 4) is 0 Å². The van der Waals surface area contributed by atoms with Crippen molar-refractivity contribution in [3.63, 3.8) is 0 Å². The molecule has 1 fully saturated rings. The molecular formula is C15H21FN6. The third-order valence-corrected chi connectivity index (χ3v) is 3.97. The molecule has 118 valence electrons. The van der Waals surface area contributed by atoms with E-state index in [1.54, 1.807) is 6.07 Å².